The summed E-state index contributed by atoms with van der Waals surface area (Å²) in [6.45, 7) is 0. The summed E-state index contributed by atoms with van der Waals surface area (Å²) in [4.78, 5) is 19.0. The van der Waals surface area contributed by atoms with Gasteiger partial charge >= 0.3 is 5.69 Å². The smallest absolute Gasteiger partial charge is 0.317 e. The van der Waals surface area contributed by atoms with Crippen LogP contribution in [0.5, 0.6) is 5.75 Å². The van der Waals surface area contributed by atoms with Crippen LogP contribution >= 0.6 is 0 Å². The molecule has 0 N–H and O–H groups in total. The quantitative estimate of drug-likeness (QED) is 0.536. The molecule has 1 aromatic rings. The Kier molecular flexibility index (Phi) is 2.61. The third kappa shape index (κ3) is 1.76. The van der Waals surface area contributed by atoms with E-state index in [2.05, 4.69) is 4.74 Å². The third-order valence-electron chi connectivity index (χ3n) is 1.46. The van der Waals surface area contributed by atoms with E-state index in [1.54, 1.807) is 0 Å². The van der Waals surface area contributed by atoms with Gasteiger partial charge in [-0.15, -0.1) is 0 Å². The zero-order valence-electron chi connectivity index (χ0n) is 6.67. The molecule has 0 fully saturated rings. The molecular weight excluding hydrogens is 192 g/mol. The number of nitrogens with zero attached hydrogens (tertiary/aromatic N) is 2. The number of ether oxygens (including phenoxy) is 1. The van der Waals surface area contributed by atoms with E-state index in [9.17, 15) is 20.2 Å². The van der Waals surface area contributed by atoms with Gasteiger partial charge in [0.1, 0.15) is 0 Å². The van der Waals surface area contributed by atoms with Crippen molar-refractivity contribution < 1.29 is 14.6 Å². The van der Waals surface area contributed by atoms with E-state index in [-0.39, 0.29) is 5.75 Å². The van der Waals surface area contributed by atoms with Crippen molar-refractivity contribution in [2.45, 2.75) is 0 Å². The third-order valence-corrected chi connectivity index (χ3v) is 1.46. The minimum atomic E-state index is -0.850. The molecule has 0 bridgehead atoms. The van der Waals surface area contributed by atoms with Crippen LogP contribution in [0.1, 0.15) is 0 Å². The summed E-state index contributed by atoms with van der Waals surface area (Å²) in [6.07, 6.45) is 0. The highest BCUT2D eigenvalue weighted by molar-refractivity contribution is 5.53. The molecule has 0 heterocycles. The molecule has 0 atom stereocenters. The summed E-state index contributed by atoms with van der Waals surface area (Å²) in [7, 11) is 6.48. The second-order valence-electron chi connectivity index (χ2n) is 2.27. The minimum absolute atomic E-state index is 0.333. The lowest BCUT2D eigenvalue weighted by Gasteiger charge is -1.98. The molecule has 0 unspecified atom stereocenters. The van der Waals surface area contributed by atoms with Crippen molar-refractivity contribution in [2.24, 2.45) is 0 Å². The average Bonchev–Trinajstić information content (AvgIpc) is 2.16. The van der Waals surface area contributed by atoms with Gasteiger partial charge in [-0.3, -0.25) is 20.2 Å². The summed E-state index contributed by atoms with van der Waals surface area (Å²) < 4.78 is 3.93. The van der Waals surface area contributed by atoms with Crippen molar-refractivity contribution >= 4 is 11.4 Å². The van der Waals surface area contributed by atoms with E-state index in [1.165, 1.54) is 0 Å². The van der Waals surface area contributed by atoms with Crippen LogP contribution in [0.25, 0.3) is 0 Å². The zero-order valence-corrected chi connectivity index (χ0v) is 6.67. The highest BCUT2D eigenvalue weighted by Gasteiger charge is 2.19. The Morgan fingerprint density at radius 2 is 1.86 bits per heavy atom. The van der Waals surface area contributed by atoms with Gasteiger partial charge in [0.2, 0.25) is 0 Å². The molecule has 0 amide bonds. The molecule has 7 heteroatoms. The first-order chi connectivity index (χ1) is 6.56. The Morgan fingerprint density at radius 1 is 1.21 bits per heavy atom. The van der Waals surface area contributed by atoms with E-state index < -0.39 is 21.2 Å². The number of hydrogen-bond acceptors (Lipinski definition) is 5. The lowest BCUT2D eigenvalue weighted by molar-refractivity contribution is -0.394. The predicted octanol–water partition coefficient (Wildman–Crippen LogP) is 1.43. The van der Waals surface area contributed by atoms with Crippen LogP contribution in [-0.4, -0.2) is 9.85 Å². The fraction of sp³-hybridized carbons (Fsp3) is 0. The number of rotatable bonds is 3. The molecule has 1 rings (SSSR count). The maximum Gasteiger partial charge on any atom is 0.317 e. The monoisotopic (exact) mass is 195 g/mol. The van der Waals surface area contributed by atoms with Crippen LogP contribution in [-0.2, 0) is 0 Å². The van der Waals surface area contributed by atoms with Gasteiger partial charge in [-0.25, -0.2) is 0 Å². The van der Waals surface area contributed by atoms with Gasteiger partial charge in [-0.05, 0) is 6.07 Å². The topological polar surface area (TPSA) is 95.5 Å². The summed E-state index contributed by atoms with van der Waals surface area (Å²) in [6, 6.07) is 2.77. The molecule has 71 valence electrons. The fourth-order valence-corrected chi connectivity index (χ4v) is 0.848. The van der Waals surface area contributed by atoms with Crippen LogP contribution < -0.4 is 4.74 Å². The van der Waals surface area contributed by atoms with Gasteiger partial charge in [0.05, 0.1) is 15.9 Å². The van der Waals surface area contributed by atoms with Gasteiger partial charge < -0.3 is 4.74 Å². The van der Waals surface area contributed by atoms with Crippen LogP contribution in [0.4, 0.5) is 11.4 Å². The largest absolute Gasteiger partial charge is 0.466 e. The normalized spacial score (nSPS) is 9.50. The molecule has 0 aromatic heterocycles. The number of hydrogen-bond donors (Lipinski definition) is 0. The lowest BCUT2D eigenvalue weighted by Crippen LogP contribution is -1.95. The van der Waals surface area contributed by atoms with E-state index >= 15 is 0 Å². The van der Waals surface area contributed by atoms with Gasteiger partial charge in [0.25, 0.3) is 12.8 Å². The Hall–Kier alpha value is -2.18. The first-order valence-corrected chi connectivity index (χ1v) is 3.32. The molecule has 0 aliphatic heterocycles. The van der Waals surface area contributed by atoms with Crippen LogP contribution in [0.2, 0.25) is 0 Å². The highest BCUT2D eigenvalue weighted by Crippen LogP contribution is 2.30. The Bertz CT molecular complexity index is 390. The number of nitro benzene ring substituents is 2. The standard InChI is InChI=1S/C7H3N2O5/c1-14-7-3-2-5(8(10)11)4-6(7)9(12)13/h2-4H. The minimum Gasteiger partial charge on any atom is -0.466 e. The number of benzene rings is 1. The summed E-state index contributed by atoms with van der Waals surface area (Å²) in [5, 5.41) is 20.6. The average molecular weight is 195 g/mol. The van der Waals surface area contributed by atoms with Gasteiger partial charge in [-0.1, -0.05) is 0 Å². The van der Waals surface area contributed by atoms with E-state index in [0.717, 1.165) is 18.2 Å². The predicted molar refractivity (Wildman–Crippen MR) is 43.6 cm³/mol. The number of non-ortho nitro benzene ring substituents is 1. The molecule has 7 nitrogen and oxygen atoms in total. The van der Waals surface area contributed by atoms with E-state index in [0.29, 0.717) is 0 Å². The van der Waals surface area contributed by atoms with Gasteiger partial charge in [0, 0.05) is 6.07 Å². The first kappa shape index (κ1) is 9.90. The Labute approximate surface area is 78.2 Å². The van der Waals surface area contributed by atoms with Crippen LogP contribution in [0.3, 0.4) is 0 Å². The van der Waals surface area contributed by atoms with E-state index in [4.69, 9.17) is 7.11 Å². The van der Waals surface area contributed by atoms with Crippen LogP contribution in [0, 0.1) is 27.3 Å². The molecule has 0 aliphatic carbocycles. The Balaban J connectivity index is 3.27. The van der Waals surface area contributed by atoms with Gasteiger partial charge in [-0.2, -0.15) is 0 Å². The zero-order chi connectivity index (χ0) is 10.7. The SMILES string of the molecule is [C]Oc1ccc([N+](=O)[O-])cc1[N+](=O)[O-]. The second-order valence-corrected chi connectivity index (χ2v) is 2.27. The maximum atomic E-state index is 10.4. The highest BCUT2D eigenvalue weighted by atomic mass is 16.6. The molecular formula is C7H3N2O5. The van der Waals surface area contributed by atoms with Crippen molar-refractivity contribution in [3.05, 3.63) is 45.5 Å². The lowest BCUT2D eigenvalue weighted by atomic mass is 10.2. The molecule has 1 aromatic carbocycles. The van der Waals surface area contributed by atoms with Crippen molar-refractivity contribution in [3.8, 4) is 5.75 Å². The van der Waals surface area contributed by atoms with Crippen molar-refractivity contribution in [3.63, 3.8) is 0 Å². The molecule has 14 heavy (non-hydrogen) atoms. The molecule has 3 radical (unpaired) electrons. The number of nitro groups is 2. The molecule has 0 aliphatic rings. The van der Waals surface area contributed by atoms with Crippen molar-refractivity contribution in [1.29, 1.82) is 0 Å². The summed E-state index contributed by atoms with van der Waals surface area (Å²) >= 11 is 0. The molecule has 0 saturated carbocycles. The van der Waals surface area contributed by atoms with Crippen molar-refractivity contribution in [1.82, 2.24) is 0 Å². The van der Waals surface area contributed by atoms with Crippen molar-refractivity contribution in [2.75, 3.05) is 0 Å². The molecule has 0 spiro atoms. The molecule has 0 saturated heterocycles. The fourth-order valence-electron chi connectivity index (χ4n) is 0.848. The second kappa shape index (κ2) is 3.69. The first-order valence-electron chi connectivity index (χ1n) is 3.32. The summed E-state index contributed by atoms with van der Waals surface area (Å²) in [5.41, 5.74) is -1.02. The van der Waals surface area contributed by atoms with Gasteiger partial charge in [0.15, 0.2) is 5.75 Å². The Morgan fingerprint density at radius 3 is 2.29 bits per heavy atom. The van der Waals surface area contributed by atoms with E-state index in [1.807, 2.05) is 0 Å². The summed E-state index contributed by atoms with van der Waals surface area (Å²) in [5.74, 6) is -0.333. The van der Waals surface area contributed by atoms with Crippen LogP contribution in [0.15, 0.2) is 18.2 Å². The maximum absolute atomic E-state index is 10.4.